The van der Waals surface area contributed by atoms with Crippen LogP contribution < -0.4 is 5.73 Å². The monoisotopic (exact) mass is 244 g/mol. The smallest absolute Gasteiger partial charge is 0.326 e. The average Bonchev–Trinajstić information content (AvgIpc) is 2.64. The van der Waals surface area contributed by atoms with Crippen LogP contribution in [0, 0.1) is 0 Å². The molecule has 0 aliphatic carbocycles. The van der Waals surface area contributed by atoms with Gasteiger partial charge in [0.2, 0.25) is 0 Å². The molecule has 0 saturated carbocycles. The average molecular weight is 244 g/mol. The van der Waals surface area contributed by atoms with E-state index in [1.807, 2.05) is 0 Å². The Balaban J connectivity index is 2.27. The van der Waals surface area contributed by atoms with Gasteiger partial charge in [0.05, 0.1) is 0 Å². The standard InChI is InChI=1S/C12H15F3N2/c13-12(14,15)11(9-4-2-1-3-5-9)17-7-6-10(16)8-17/h1-5,10-11H,6-8,16H2/t10-,11?/m0/s1. The van der Waals surface area contributed by atoms with E-state index in [2.05, 4.69) is 0 Å². The van der Waals surface area contributed by atoms with Gasteiger partial charge in [-0.25, -0.2) is 0 Å². The van der Waals surface area contributed by atoms with Crippen molar-refractivity contribution in [1.29, 1.82) is 0 Å². The molecule has 1 fully saturated rings. The lowest BCUT2D eigenvalue weighted by molar-refractivity contribution is -0.183. The van der Waals surface area contributed by atoms with Crippen molar-refractivity contribution in [1.82, 2.24) is 4.90 Å². The van der Waals surface area contributed by atoms with Crippen LogP contribution in [0.3, 0.4) is 0 Å². The fraction of sp³-hybridized carbons (Fsp3) is 0.500. The Morgan fingerprint density at radius 3 is 2.35 bits per heavy atom. The van der Waals surface area contributed by atoms with E-state index in [0.29, 0.717) is 19.5 Å². The summed E-state index contributed by atoms with van der Waals surface area (Å²) in [5.74, 6) is 0. The summed E-state index contributed by atoms with van der Waals surface area (Å²) in [5, 5.41) is 0. The number of likely N-dealkylation sites (tertiary alicyclic amines) is 1. The molecular formula is C12H15F3N2. The zero-order valence-electron chi connectivity index (χ0n) is 9.32. The fourth-order valence-corrected chi connectivity index (χ4v) is 2.29. The van der Waals surface area contributed by atoms with Crippen molar-refractivity contribution in [3.8, 4) is 0 Å². The molecule has 2 rings (SSSR count). The topological polar surface area (TPSA) is 29.3 Å². The predicted octanol–water partition coefficient (Wildman–Crippen LogP) is 2.32. The second kappa shape index (κ2) is 4.66. The third-order valence-corrected chi connectivity index (χ3v) is 3.05. The molecule has 2 N–H and O–H groups in total. The highest BCUT2D eigenvalue weighted by Crippen LogP contribution is 2.38. The number of nitrogens with zero attached hydrogens (tertiary/aromatic N) is 1. The number of alkyl halides is 3. The molecule has 0 amide bonds. The van der Waals surface area contributed by atoms with Gasteiger partial charge < -0.3 is 5.73 Å². The van der Waals surface area contributed by atoms with Crippen LogP contribution >= 0.6 is 0 Å². The van der Waals surface area contributed by atoms with Crippen LogP contribution in [0.25, 0.3) is 0 Å². The van der Waals surface area contributed by atoms with E-state index in [1.165, 1.54) is 17.0 Å². The first-order chi connectivity index (χ1) is 7.98. The minimum absolute atomic E-state index is 0.149. The third kappa shape index (κ3) is 2.79. The maximum atomic E-state index is 13.1. The molecule has 1 aliphatic heterocycles. The highest BCUT2D eigenvalue weighted by molar-refractivity contribution is 5.21. The van der Waals surface area contributed by atoms with Gasteiger partial charge in [-0.15, -0.1) is 0 Å². The minimum Gasteiger partial charge on any atom is -0.326 e. The molecule has 94 valence electrons. The molecule has 1 heterocycles. The van der Waals surface area contributed by atoms with E-state index in [4.69, 9.17) is 5.73 Å². The maximum Gasteiger partial charge on any atom is 0.408 e. The summed E-state index contributed by atoms with van der Waals surface area (Å²) in [6.07, 6.45) is -3.63. The number of nitrogens with two attached hydrogens (primary N) is 1. The van der Waals surface area contributed by atoms with E-state index in [9.17, 15) is 13.2 Å². The van der Waals surface area contributed by atoms with Crippen molar-refractivity contribution in [3.63, 3.8) is 0 Å². The zero-order valence-corrected chi connectivity index (χ0v) is 9.32. The molecule has 1 aliphatic rings. The lowest BCUT2D eigenvalue weighted by Crippen LogP contribution is -2.38. The first kappa shape index (κ1) is 12.4. The van der Waals surface area contributed by atoms with Crippen molar-refractivity contribution in [2.75, 3.05) is 13.1 Å². The summed E-state index contributed by atoms with van der Waals surface area (Å²) in [4.78, 5) is 1.42. The van der Waals surface area contributed by atoms with Crippen molar-refractivity contribution in [3.05, 3.63) is 35.9 Å². The van der Waals surface area contributed by atoms with Crippen LogP contribution in [0.2, 0.25) is 0 Å². The quantitative estimate of drug-likeness (QED) is 0.865. The van der Waals surface area contributed by atoms with Crippen molar-refractivity contribution in [2.24, 2.45) is 5.73 Å². The molecule has 17 heavy (non-hydrogen) atoms. The number of hydrogen-bond acceptors (Lipinski definition) is 2. The molecule has 2 atom stereocenters. The van der Waals surface area contributed by atoms with Crippen LogP contribution in [0.5, 0.6) is 0 Å². The van der Waals surface area contributed by atoms with Gasteiger partial charge in [0.25, 0.3) is 0 Å². The Morgan fingerprint density at radius 1 is 1.24 bits per heavy atom. The van der Waals surface area contributed by atoms with Crippen LogP contribution in [0.1, 0.15) is 18.0 Å². The molecule has 0 aromatic heterocycles. The molecule has 5 heteroatoms. The largest absolute Gasteiger partial charge is 0.408 e. The van der Waals surface area contributed by atoms with Gasteiger partial charge in [-0.1, -0.05) is 30.3 Å². The second-order valence-electron chi connectivity index (χ2n) is 4.40. The molecule has 0 radical (unpaired) electrons. The van der Waals surface area contributed by atoms with Gasteiger partial charge in [-0.2, -0.15) is 13.2 Å². The normalized spacial score (nSPS) is 23.9. The number of benzene rings is 1. The third-order valence-electron chi connectivity index (χ3n) is 3.05. The van der Waals surface area contributed by atoms with Crippen LogP contribution in [-0.2, 0) is 0 Å². The first-order valence-corrected chi connectivity index (χ1v) is 5.60. The molecule has 1 aromatic rings. The summed E-state index contributed by atoms with van der Waals surface area (Å²) in [6.45, 7) is 0.708. The van der Waals surface area contributed by atoms with Gasteiger partial charge in [-0.05, 0) is 12.0 Å². The lowest BCUT2D eigenvalue weighted by Gasteiger charge is -2.29. The van der Waals surface area contributed by atoms with E-state index in [0.717, 1.165) is 0 Å². The summed E-state index contributed by atoms with van der Waals surface area (Å²) < 4.78 is 39.3. The molecule has 0 spiro atoms. The highest BCUT2D eigenvalue weighted by Gasteiger charge is 2.46. The van der Waals surface area contributed by atoms with Gasteiger partial charge in [-0.3, -0.25) is 4.90 Å². The summed E-state index contributed by atoms with van der Waals surface area (Å²) in [5.41, 5.74) is 5.96. The Bertz CT molecular complexity index is 364. The van der Waals surface area contributed by atoms with E-state index >= 15 is 0 Å². The van der Waals surface area contributed by atoms with Gasteiger partial charge in [0, 0.05) is 19.1 Å². The number of halogens is 3. The molecule has 1 saturated heterocycles. The van der Waals surface area contributed by atoms with Crippen molar-refractivity contribution < 1.29 is 13.2 Å². The highest BCUT2D eigenvalue weighted by atomic mass is 19.4. The molecular weight excluding hydrogens is 229 g/mol. The van der Waals surface area contributed by atoms with Crippen LogP contribution in [0.4, 0.5) is 13.2 Å². The van der Waals surface area contributed by atoms with Crippen molar-refractivity contribution in [2.45, 2.75) is 24.7 Å². The van der Waals surface area contributed by atoms with Crippen LogP contribution in [-0.4, -0.2) is 30.2 Å². The Morgan fingerprint density at radius 2 is 1.88 bits per heavy atom. The minimum atomic E-state index is -4.26. The van der Waals surface area contributed by atoms with Crippen LogP contribution in [0.15, 0.2) is 30.3 Å². The zero-order chi connectivity index (χ0) is 12.5. The maximum absolute atomic E-state index is 13.1. The lowest BCUT2D eigenvalue weighted by atomic mass is 10.1. The molecule has 1 aromatic carbocycles. The first-order valence-electron chi connectivity index (χ1n) is 5.60. The van der Waals surface area contributed by atoms with E-state index < -0.39 is 12.2 Å². The number of hydrogen-bond donors (Lipinski definition) is 1. The summed E-state index contributed by atoms with van der Waals surface area (Å²) >= 11 is 0. The van der Waals surface area contributed by atoms with Gasteiger partial charge in [0.1, 0.15) is 6.04 Å². The van der Waals surface area contributed by atoms with E-state index in [-0.39, 0.29) is 11.6 Å². The summed E-state index contributed by atoms with van der Waals surface area (Å²) in [6, 6.07) is 6.32. The molecule has 2 nitrogen and oxygen atoms in total. The molecule has 1 unspecified atom stereocenters. The fourth-order valence-electron chi connectivity index (χ4n) is 2.29. The Labute approximate surface area is 98.2 Å². The second-order valence-corrected chi connectivity index (χ2v) is 4.40. The summed E-state index contributed by atoms with van der Waals surface area (Å²) in [7, 11) is 0. The SMILES string of the molecule is N[C@H]1CCN(C(c2ccccc2)C(F)(F)F)C1. The molecule has 0 bridgehead atoms. The Kier molecular flexibility index (Phi) is 3.40. The van der Waals surface area contributed by atoms with E-state index in [1.54, 1.807) is 18.2 Å². The number of rotatable bonds is 2. The van der Waals surface area contributed by atoms with Gasteiger partial charge in [0.15, 0.2) is 0 Å². The van der Waals surface area contributed by atoms with Crippen molar-refractivity contribution >= 4 is 0 Å². The predicted molar refractivity (Wildman–Crippen MR) is 59.4 cm³/mol. The Hall–Kier alpha value is -1.07. The van der Waals surface area contributed by atoms with Gasteiger partial charge >= 0.3 is 6.18 Å².